The first-order valence-electron chi connectivity index (χ1n) is 6.37. The Hall–Kier alpha value is -2.17. The number of hydrogen-bond donors (Lipinski definition) is 3. The molecule has 0 unspecified atom stereocenters. The third kappa shape index (κ3) is 2.19. The zero-order chi connectivity index (χ0) is 14.8. The maximum absolute atomic E-state index is 12.3. The quantitative estimate of drug-likeness (QED) is 0.450. The Balaban J connectivity index is 2.74. The third-order valence-corrected chi connectivity index (χ3v) is 3.53. The molecule has 104 valence electrons. The van der Waals surface area contributed by atoms with Crippen molar-refractivity contribution in [3.63, 3.8) is 0 Å². The van der Waals surface area contributed by atoms with E-state index in [0.29, 0.717) is 11.1 Å². The summed E-state index contributed by atoms with van der Waals surface area (Å²) >= 11 is 0. The zero-order valence-electron chi connectivity index (χ0n) is 11.6. The Labute approximate surface area is 118 Å². The molecule has 0 radical (unpaired) electrons. The number of hydrazine groups is 1. The lowest BCUT2D eigenvalue weighted by Gasteiger charge is -2.29. The Morgan fingerprint density at radius 1 is 1.00 bits per heavy atom. The highest BCUT2D eigenvalue weighted by Gasteiger charge is 2.41. The van der Waals surface area contributed by atoms with E-state index in [0.717, 1.165) is 11.1 Å². The lowest BCUT2D eigenvalue weighted by atomic mass is 9.81. The van der Waals surface area contributed by atoms with Crippen LogP contribution in [0.3, 0.4) is 0 Å². The first-order chi connectivity index (χ1) is 9.51. The van der Waals surface area contributed by atoms with Crippen molar-refractivity contribution in [3.05, 3.63) is 70.8 Å². The van der Waals surface area contributed by atoms with Crippen LogP contribution >= 0.6 is 0 Å². The number of rotatable bonds is 3. The van der Waals surface area contributed by atoms with Gasteiger partial charge in [-0.3, -0.25) is 10.2 Å². The first-order valence-corrected chi connectivity index (χ1v) is 6.37. The number of amides is 1. The van der Waals surface area contributed by atoms with Crippen LogP contribution in [0, 0.1) is 13.8 Å². The number of carbonyl (C=O) groups is 1. The molecule has 2 aromatic carbocycles. The number of nitrogens with one attached hydrogen (secondary N) is 1. The van der Waals surface area contributed by atoms with Crippen LogP contribution in [0.4, 0.5) is 0 Å². The van der Waals surface area contributed by atoms with Crippen molar-refractivity contribution in [1.82, 2.24) is 5.43 Å². The van der Waals surface area contributed by atoms with E-state index in [1.54, 1.807) is 24.3 Å². The molecular formula is C16H18N2O2. The monoisotopic (exact) mass is 270 g/mol. The number of benzene rings is 2. The number of aryl methyl sites for hydroxylation is 2. The summed E-state index contributed by atoms with van der Waals surface area (Å²) in [4.78, 5) is 12.3. The van der Waals surface area contributed by atoms with Gasteiger partial charge < -0.3 is 5.11 Å². The van der Waals surface area contributed by atoms with Crippen LogP contribution in [-0.4, -0.2) is 11.0 Å². The molecule has 0 aliphatic heterocycles. The topological polar surface area (TPSA) is 75.3 Å². The van der Waals surface area contributed by atoms with E-state index in [1.807, 2.05) is 38.1 Å². The fourth-order valence-electron chi connectivity index (χ4n) is 2.45. The van der Waals surface area contributed by atoms with Gasteiger partial charge in [0.05, 0.1) is 0 Å². The van der Waals surface area contributed by atoms with Crippen LogP contribution in [-0.2, 0) is 10.4 Å². The SMILES string of the molecule is Cc1ccccc1C(O)(C(=O)NN)c1ccccc1C. The maximum Gasteiger partial charge on any atom is 0.275 e. The summed E-state index contributed by atoms with van der Waals surface area (Å²) in [5.74, 6) is 4.62. The Morgan fingerprint density at radius 2 is 1.40 bits per heavy atom. The van der Waals surface area contributed by atoms with Crippen LogP contribution in [0.15, 0.2) is 48.5 Å². The molecule has 0 atom stereocenters. The Bertz CT molecular complexity index is 592. The van der Waals surface area contributed by atoms with E-state index in [1.165, 1.54) is 0 Å². The summed E-state index contributed by atoms with van der Waals surface area (Å²) in [7, 11) is 0. The molecule has 0 bridgehead atoms. The van der Waals surface area contributed by atoms with Crippen LogP contribution in [0.2, 0.25) is 0 Å². The van der Waals surface area contributed by atoms with Gasteiger partial charge in [0.15, 0.2) is 5.60 Å². The molecule has 1 amide bonds. The summed E-state index contributed by atoms with van der Waals surface area (Å²) in [6.45, 7) is 3.70. The van der Waals surface area contributed by atoms with E-state index >= 15 is 0 Å². The molecule has 4 heteroatoms. The fraction of sp³-hybridized carbons (Fsp3) is 0.188. The lowest BCUT2D eigenvalue weighted by Crippen LogP contribution is -2.48. The molecule has 0 fully saturated rings. The van der Waals surface area contributed by atoms with Crippen molar-refractivity contribution in [2.75, 3.05) is 0 Å². The molecule has 4 N–H and O–H groups in total. The molecular weight excluding hydrogens is 252 g/mol. The maximum atomic E-state index is 12.3. The molecule has 0 heterocycles. The van der Waals surface area contributed by atoms with Crippen LogP contribution in [0.25, 0.3) is 0 Å². The highest BCUT2D eigenvalue weighted by atomic mass is 16.3. The van der Waals surface area contributed by atoms with Gasteiger partial charge in [0, 0.05) is 11.1 Å². The van der Waals surface area contributed by atoms with E-state index in [-0.39, 0.29) is 0 Å². The lowest BCUT2D eigenvalue weighted by molar-refractivity contribution is -0.136. The van der Waals surface area contributed by atoms with Gasteiger partial charge >= 0.3 is 0 Å². The molecule has 2 rings (SSSR count). The van der Waals surface area contributed by atoms with E-state index in [4.69, 9.17) is 5.84 Å². The molecule has 0 aromatic heterocycles. The standard InChI is InChI=1S/C16H18N2O2/c1-11-7-3-5-9-13(11)16(20,15(19)18-17)14-10-6-4-8-12(14)2/h3-10,20H,17H2,1-2H3,(H,18,19). The zero-order valence-corrected chi connectivity index (χ0v) is 11.6. The van der Waals surface area contributed by atoms with Gasteiger partial charge in [0.2, 0.25) is 0 Å². The van der Waals surface area contributed by atoms with Crippen molar-refractivity contribution in [1.29, 1.82) is 0 Å². The first kappa shape index (κ1) is 14.2. The van der Waals surface area contributed by atoms with Crippen LogP contribution < -0.4 is 11.3 Å². The summed E-state index contributed by atoms with van der Waals surface area (Å²) in [6.07, 6.45) is 0. The molecule has 2 aromatic rings. The number of nitrogens with two attached hydrogens (primary N) is 1. The highest BCUT2D eigenvalue weighted by Crippen LogP contribution is 2.33. The number of carbonyl (C=O) groups excluding carboxylic acids is 1. The minimum Gasteiger partial charge on any atom is -0.372 e. The second kappa shape index (κ2) is 5.45. The van der Waals surface area contributed by atoms with Gasteiger partial charge in [-0.25, -0.2) is 5.84 Å². The summed E-state index contributed by atoms with van der Waals surface area (Å²) in [5, 5.41) is 11.1. The predicted molar refractivity (Wildman–Crippen MR) is 77.7 cm³/mol. The Kier molecular flexibility index (Phi) is 3.88. The molecule has 0 saturated carbocycles. The smallest absolute Gasteiger partial charge is 0.275 e. The molecule has 0 aliphatic carbocycles. The van der Waals surface area contributed by atoms with E-state index in [2.05, 4.69) is 5.43 Å². The van der Waals surface area contributed by atoms with Crippen molar-refractivity contribution in [2.45, 2.75) is 19.4 Å². The summed E-state index contributed by atoms with van der Waals surface area (Å²) in [5.41, 5.74) is 2.96. The van der Waals surface area contributed by atoms with Crippen molar-refractivity contribution < 1.29 is 9.90 Å². The highest BCUT2D eigenvalue weighted by molar-refractivity contribution is 5.90. The second-order valence-corrected chi connectivity index (χ2v) is 4.81. The van der Waals surface area contributed by atoms with E-state index in [9.17, 15) is 9.90 Å². The van der Waals surface area contributed by atoms with Crippen LogP contribution in [0.1, 0.15) is 22.3 Å². The normalized spacial score (nSPS) is 11.2. The van der Waals surface area contributed by atoms with E-state index < -0.39 is 11.5 Å². The van der Waals surface area contributed by atoms with Gasteiger partial charge in [-0.1, -0.05) is 48.5 Å². The minimum atomic E-state index is -1.80. The molecule has 0 saturated heterocycles. The van der Waals surface area contributed by atoms with Gasteiger partial charge in [-0.15, -0.1) is 0 Å². The van der Waals surface area contributed by atoms with Crippen molar-refractivity contribution in [3.8, 4) is 0 Å². The number of hydrogen-bond acceptors (Lipinski definition) is 3. The van der Waals surface area contributed by atoms with Gasteiger partial charge in [0.1, 0.15) is 0 Å². The minimum absolute atomic E-state index is 0.525. The molecule has 20 heavy (non-hydrogen) atoms. The molecule has 0 aliphatic rings. The molecule has 0 spiro atoms. The third-order valence-electron chi connectivity index (χ3n) is 3.53. The van der Waals surface area contributed by atoms with Gasteiger partial charge in [0.25, 0.3) is 5.91 Å². The van der Waals surface area contributed by atoms with Crippen molar-refractivity contribution in [2.24, 2.45) is 5.84 Å². The van der Waals surface area contributed by atoms with Gasteiger partial charge in [-0.05, 0) is 25.0 Å². The van der Waals surface area contributed by atoms with Crippen LogP contribution in [0.5, 0.6) is 0 Å². The predicted octanol–water partition coefficient (Wildman–Crippen LogP) is 1.53. The summed E-state index contributed by atoms with van der Waals surface area (Å²) in [6, 6.07) is 14.5. The number of aliphatic hydroxyl groups is 1. The average Bonchev–Trinajstić information content (AvgIpc) is 2.46. The van der Waals surface area contributed by atoms with Crippen molar-refractivity contribution >= 4 is 5.91 Å². The summed E-state index contributed by atoms with van der Waals surface area (Å²) < 4.78 is 0. The Morgan fingerprint density at radius 3 is 1.75 bits per heavy atom. The molecule has 4 nitrogen and oxygen atoms in total. The average molecular weight is 270 g/mol. The second-order valence-electron chi connectivity index (χ2n) is 4.81. The van der Waals surface area contributed by atoms with Gasteiger partial charge in [-0.2, -0.15) is 0 Å². The largest absolute Gasteiger partial charge is 0.372 e. The fourth-order valence-corrected chi connectivity index (χ4v) is 2.45.